The van der Waals surface area contributed by atoms with E-state index >= 15 is 0 Å². The first kappa shape index (κ1) is 13.8. The fourth-order valence-electron chi connectivity index (χ4n) is 0.313. The van der Waals surface area contributed by atoms with Crippen LogP contribution >= 0.6 is 11.8 Å². The standard InChI is InChI=1S/C5H5N.C2H3OS.Y/c1-2-4-6-5-3-1;1-4-2-3;/h1-5H;1H3;/q;-1;. The van der Waals surface area contributed by atoms with Crippen molar-refractivity contribution in [2.75, 3.05) is 6.26 Å². The van der Waals surface area contributed by atoms with Crippen LogP contribution in [-0.4, -0.2) is 16.9 Å². The molecule has 0 N–H and O–H groups in total. The number of rotatable bonds is 1. The molecule has 0 fully saturated rings. The van der Waals surface area contributed by atoms with Gasteiger partial charge in [-0.2, -0.15) is 0 Å². The van der Waals surface area contributed by atoms with Gasteiger partial charge in [-0.05, 0) is 18.4 Å². The van der Waals surface area contributed by atoms with Crippen LogP contribution in [-0.2, 0) is 37.5 Å². The van der Waals surface area contributed by atoms with Crippen LogP contribution in [0.5, 0.6) is 0 Å². The second-order valence-corrected chi connectivity index (χ2v) is 1.89. The van der Waals surface area contributed by atoms with Crippen LogP contribution in [0.25, 0.3) is 0 Å². The van der Waals surface area contributed by atoms with Crippen molar-refractivity contribution >= 4 is 17.4 Å². The summed E-state index contributed by atoms with van der Waals surface area (Å²) in [6.07, 6.45) is 5.17. The van der Waals surface area contributed by atoms with Crippen molar-refractivity contribution in [2.45, 2.75) is 0 Å². The van der Waals surface area contributed by atoms with E-state index in [0.717, 1.165) is 11.8 Å². The SMILES string of the molecule is CS[C-]=O.[Y].c1ccncc1. The molecular weight excluding hydrogens is 235 g/mol. The normalized spacial score (nSPS) is 6.64. The summed E-state index contributed by atoms with van der Waals surface area (Å²) in [5, 5.41) is 0. The average Bonchev–Trinajstić information content (AvgIpc) is 2.08. The zero-order chi connectivity index (χ0) is 7.66. The fourth-order valence-corrected chi connectivity index (χ4v) is 0.313. The van der Waals surface area contributed by atoms with Gasteiger partial charge in [0, 0.05) is 45.1 Å². The van der Waals surface area contributed by atoms with Gasteiger partial charge in [-0.25, -0.2) is 5.62 Å². The Bertz CT molecular complexity index is 133. The van der Waals surface area contributed by atoms with Crippen molar-refractivity contribution in [3.63, 3.8) is 0 Å². The van der Waals surface area contributed by atoms with Crippen molar-refractivity contribution < 1.29 is 37.5 Å². The Morgan fingerprint density at radius 1 is 1.27 bits per heavy atom. The predicted octanol–water partition coefficient (Wildman–Crippen LogP) is 1.50. The molecule has 57 valence electrons. The molecule has 1 heterocycles. The summed E-state index contributed by atoms with van der Waals surface area (Å²) in [6.45, 7) is 0. The topological polar surface area (TPSA) is 30.0 Å². The van der Waals surface area contributed by atoms with E-state index in [-0.39, 0.29) is 32.7 Å². The summed E-state index contributed by atoms with van der Waals surface area (Å²) in [4.78, 5) is 12.8. The van der Waals surface area contributed by atoms with E-state index in [1.807, 2.05) is 18.2 Å². The molecule has 0 bridgehead atoms. The maximum atomic E-state index is 9.01. The molecule has 0 aromatic carbocycles. The largest absolute Gasteiger partial charge is 0.530 e. The second-order valence-electron chi connectivity index (χ2n) is 1.31. The van der Waals surface area contributed by atoms with Crippen molar-refractivity contribution in [2.24, 2.45) is 0 Å². The molecule has 11 heavy (non-hydrogen) atoms. The van der Waals surface area contributed by atoms with E-state index < -0.39 is 0 Å². The molecule has 4 heteroatoms. The summed E-state index contributed by atoms with van der Waals surface area (Å²) in [7, 11) is 0. The summed E-state index contributed by atoms with van der Waals surface area (Å²) in [5.41, 5.74) is 1.60. The number of pyridine rings is 1. The number of carbonyl (C=O) groups excluding carboxylic acids is 1. The Kier molecular flexibility index (Phi) is 16.2. The molecule has 0 unspecified atom stereocenters. The molecule has 1 radical (unpaired) electrons. The third-order valence-corrected chi connectivity index (χ3v) is 0.816. The van der Waals surface area contributed by atoms with Gasteiger partial charge in [0.15, 0.2) is 0 Å². The van der Waals surface area contributed by atoms with E-state index in [4.69, 9.17) is 4.79 Å². The molecule has 0 aliphatic carbocycles. The van der Waals surface area contributed by atoms with Crippen LogP contribution in [0.3, 0.4) is 0 Å². The Morgan fingerprint density at radius 2 is 1.73 bits per heavy atom. The summed E-state index contributed by atoms with van der Waals surface area (Å²) in [5.74, 6) is 0. The maximum absolute atomic E-state index is 9.01. The Balaban J connectivity index is 0. The summed E-state index contributed by atoms with van der Waals surface area (Å²) >= 11 is 1.05. The quantitative estimate of drug-likeness (QED) is 0.700. The van der Waals surface area contributed by atoms with Gasteiger partial charge in [0.1, 0.15) is 0 Å². The zero-order valence-electron chi connectivity index (χ0n) is 6.23. The molecule has 1 aromatic heterocycles. The molecule has 0 saturated heterocycles. The van der Waals surface area contributed by atoms with Gasteiger partial charge in [0.25, 0.3) is 0 Å². The number of hydrogen-bond donors (Lipinski definition) is 0. The van der Waals surface area contributed by atoms with Crippen molar-refractivity contribution in [3.05, 3.63) is 30.6 Å². The molecule has 0 amide bonds. The first-order chi connectivity index (χ1) is 4.91. The maximum Gasteiger partial charge on any atom is 0.0267 e. The molecule has 1 rings (SSSR count). The Labute approximate surface area is 96.1 Å². The van der Waals surface area contributed by atoms with Crippen LogP contribution in [0.15, 0.2) is 30.6 Å². The van der Waals surface area contributed by atoms with Gasteiger partial charge in [-0.3, -0.25) is 4.98 Å². The van der Waals surface area contributed by atoms with Crippen molar-refractivity contribution in [1.29, 1.82) is 0 Å². The van der Waals surface area contributed by atoms with Crippen molar-refractivity contribution in [3.8, 4) is 0 Å². The second kappa shape index (κ2) is 12.9. The third kappa shape index (κ3) is 13.3. The van der Waals surface area contributed by atoms with Gasteiger partial charge >= 0.3 is 0 Å². The van der Waals surface area contributed by atoms with Gasteiger partial charge in [0.05, 0.1) is 0 Å². The van der Waals surface area contributed by atoms with Gasteiger partial charge in [-0.15, -0.1) is 0 Å². The van der Waals surface area contributed by atoms with E-state index in [9.17, 15) is 0 Å². The number of thioether (sulfide) groups is 1. The minimum absolute atomic E-state index is 0. The monoisotopic (exact) mass is 243 g/mol. The van der Waals surface area contributed by atoms with Gasteiger partial charge in [0.2, 0.25) is 0 Å². The summed E-state index contributed by atoms with van der Waals surface area (Å²) < 4.78 is 0. The molecule has 0 atom stereocenters. The molecular formula is C7H8NOSY-. The molecule has 0 spiro atoms. The van der Waals surface area contributed by atoms with Gasteiger partial charge < -0.3 is 16.6 Å². The first-order valence-electron chi connectivity index (χ1n) is 2.67. The Morgan fingerprint density at radius 3 is 1.82 bits per heavy atom. The van der Waals surface area contributed by atoms with E-state index in [2.05, 4.69) is 4.98 Å². The molecule has 2 nitrogen and oxygen atoms in total. The van der Waals surface area contributed by atoms with Crippen LogP contribution in [0.1, 0.15) is 0 Å². The smallest absolute Gasteiger partial charge is 0.0267 e. The molecule has 0 saturated carbocycles. The molecule has 0 aliphatic rings. The number of hydrogen-bond acceptors (Lipinski definition) is 3. The van der Waals surface area contributed by atoms with E-state index in [1.165, 1.54) is 0 Å². The minimum Gasteiger partial charge on any atom is -0.530 e. The molecule has 1 aromatic rings. The molecule has 0 aliphatic heterocycles. The summed E-state index contributed by atoms with van der Waals surface area (Å²) in [6, 6.07) is 5.72. The van der Waals surface area contributed by atoms with Gasteiger partial charge in [-0.1, -0.05) is 6.07 Å². The van der Waals surface area contributed by atoms with Crippen molar-refractivity contribution in [1.82, 2.24) is 4.98 Å². The Hall–Kier alpha value is 0.274. The predicted molar refractivity (Wildman–Crippen MR) is 43.4 cm³/mol. The van der Waals surface area contributed by atoms with E-state index in [0.29, 0.717) is 0 Å². The zero-order valence-corrected chi connectivity index (χ0v) is 9.88. The minimum atomic E-state index is 0. The first-order valence-corrected chi connectivity index (χ1v) is 3.89. The third-order valence-electron chi connectivity index (χ3n) is 0.650. The average molecular weight is 243 g/mol. The van der Waals surface area contributed by atoms with Crippen LogP contribution < -0.4 is 0 Å². The van der Waals surface area contributed by atoms with Crippen LogP contribution in [0, 0.1) is 0 Å². The van der Waals surface area contributed by atoms with Crippen LogP contribution in [0.4, 0.5) is 0 Å². The number of nitrogens with zero attached hydrogens (tertiary/aromatic N) is 1. The number of aromatic nitrogens is 1. The fraction of sp³-hybridized carbons (Fsp3) is 0.143. The van der Waals surface area contributed by atoms with E-state index in [1.54, 1.807) is 24.3 Å². The van der Waals surface area contributed by atoms with Crippen LogP contribution in [0.2, 0.25) is 0 Å².